The van der Waals surface area contributed by atoms with E-state index in [4.69, 9.17) is 48.9 Å². The zero-order chi connectivity index (χ0) is 33.7. The minimum Gasteiger partial charge on any atom is -0.394 e. The summed E-state index contributed by atoms with van der Waals surface area (Å²) in [6.07, 6.45) is 0. The van der Waals surface area contributed by atoms with Crippen LogP contribution in [0, 0.1) is 0 Å². The normalized spacial score (nSPS) is 19.4. The van der Waals surface area contributed by atoms with E-state index in [1.54, 1.807) is 0 Å². The van der Waals surface area contributed by atoms with E-state index in [2.05, 4.69) is 0 Å². The quantitative estimate of drug-likeness (QED) is 0.0938. The van der Waals surface area contributed by atoms with Crippen molar-refractivity contribution in [2.24, 2.45) is 5.73 Å². The molecule has 0 amide bonds. The van der Waals surface area contributed by atoms with Crippen LogP contribution in [0.15, 0.2) is 0 Å². The Kier molecular flexibility index (Phi) is 22.4. The predicted molar refractivity (Wildman–Crippen MR) is 159 cm³/mol. The van der Waals surface area contributed by atoms with Crippen molar-refractivity contribution in [2.75, 3.05) is 136 Å². The Bertz CT molecular complexity index is 916. The third-order valence-corrected chi connectivity index (χ3v) is 8.35. The van der Waals surface area contributed by atoms with E-state index in [-0.39, 0.29) is 17.3 Å². The summed E-state index contributed by atoms with van der Waals surface area (Å²) < 4.78 is 103. The topological polar surface area (TPSA) is 287 Å². The van der Waals surface area contributed by atoms with Crippen molar-refractivity contribution in [1.82, 2.24) is 14.7 Å². The van der Waals surface area contributed by atoms with Crippen molar-refractivity contribution in [3.63, 3.8) is 0 Å². The summed E-state index contributed by atoms with van der Waals surface area (Å²) in [6.45, 7) is 8.30. The van der Waals surface area contributed by atoms with Crippen LogP contribution in [0.25, 0.3) is 0 Å². The highest BCUT2D eigenvalue weighted by atomic mass is 32.2. The van der Waals surface area contributed by atoms with Gasteiger partial charge in [-0.1, -0.05) is 0 Å². The van der Waals surface area contributed by atoms with E-state index in [1.165, 1.54) is 0 Å². The summed E-state index contributed by atoms with van der Waals surface area (Å²) in [5.41, 5.74) is 3.94. The lowest BCUT2D eigenvalue weighted by atomic mass is 10.1. The zero-order valence-electron chi connectivity index (χ0n) is 24.9. The lowest BCUT2D eigenvalue weighted by Gasteiger charge is -2.25. The smallest absolute Gasteiger partial charge is 0.266 e. The molecule has 44 heavy (non-hydrogen) atoms. The highest BCUT2D eigenvalue weighted by Gasteiger charge is 2.21. The molecular formula is C22H50N4O15S3. The van der Waals surface area contributed by atoms with Crippen molar-refractivity contribution >= 4 is 30.4 Å². The molecule has 0 saturated carbocycles. The number of aliphatic hydroxyl groups is 3. The van der Waals surface area contributed by atoms with Crippen LogP contribution in [0.4, 0.5) is 0 Å². The molecule has 0 aromatic rings. The van der Waals surface area contributed by atoms with E-state index in [9.17, 15) is 25.3 Å². The molecule has 3 heterocycles. The van der Waals surface area contributed by atoms with Gasteiger partial charge in [0, 0.05) is 58.9 Å². The van der Waals surface area contributed by atoms with Gasteiger partial charge in [-0.05, 0) is 0 Å². The van der Waals surface area contributed by atoms with Gasteiger partial charge in [0.15, 0.2) is 0 Å². The summed E-state index contributed by atoms with van der Waals surface area (Å²) in [4.78, 5) is 5.87. The van der Waals surface area contributed by atoms with E-state index in [1.807, 2.05) is 14.7 Å². The molecule has 0 unspecified atom stereocenters. The second kappa shape index (κ2) is 22.8. The van der Waals surface area contributed by atoms with Crippen LogP contribution >= 0.6 is 0 Å². The fourth-order valence-corrected chi connectivity index (χ4v) is 4.82. The molecule has 0 spiro atoms. The summed E-state index contributed by atoms with van der Waals surface area (Å²) >= 11 is 0. The molecule has 3 saturated heterocycles. The third-order valence-electron chi connectivity index (χ3n) is 6.25. The minimum atomic E-state index is -3.81. The van der Waals surface area contributed by atoms with Crippen molar-refractivity contribution in [1.29, 1.82) is 0 Å². The molecule has 0 radical (unpaired) electrons. The molecule has 3 aliphatic rings. The van der Waals surface area contributed by atoms with Gasteiger partial charge in [0.2, 0.25) is 0 Å². The first-order valence-corrected chi connectivity index (χ1v) is 18.6. The predicted octanol–water partition coefficient (Wildman–Crippen LogP) is -4.72. The van der Waals surface area contributed by atoms with Gasteiger partial charge in [-0.3, -0.25) is 28.4 Å². The maximum absolute atomic E-state index is 10.4. The standard InChI is InChI=1S/3C6H13NO4S.C4H11NO3/c3*8-12(9,10)6-3-7-1-4-11-5-2-7;5-4(1-6,2-7)3-8/h3*1-6H2,(H,8,9,10);6-8H,1-3,5H2. The molecule has 8 N–H and O–H groups in total. The molecule has 19 nitrogen and oxygen atoms in total. The van der Waals surface area contributed by atoms with Gasteiger partial charge in [0.25, 0.3) is 30.4 Å². The van der Waals surface area contributed by atoms with Gasteiger partial charge in [0.1, 0.15) is 0 Å². The average Bonchev–Trinajstić information content (AvgIpc) is 2.99. The Morgan fingerprint density at radius 1 is 0.500 bits per heavy atom. The van der Waals surface area contributed by atoms with Gasteiger partial charge in [0.05, 0.1) is 82.3 Å². The maximum Gasteiger partial charge on any atom is 0.266 e. The van der Waals surface area contributed by atoms with Crippen LogP contribution < -0.4 is 5.73 Å². The zero-order valence-corrected chi connectivity index (χ0v) is 27.3. The van der Waals surface area contributed by atoms with Crippen molar-refractivity contribution in [3.05, 3.63) is 0 Å². The first-order valence-electron chi connectivity index (χ1n) is 13.8. The Morgan fingerprint density at radius 2 is 0.705 bits per heavy atom. The first-order chi connectivity index (χ1) is 20.4. The second-order valence-corrected chi connectivity index (χ2v) is 14.8. The minimum absolute atomic E-state index is 0.188. The van der Waals surface area contributed by atoms with Crippen LogP contribution in [0.1, 0.15) is 0 Å². The number of rotatable bonds is 12. The Balaban J connectivity index is 0.000000567. The average molecular weight is 707 g/mol. The number of nitrogens with two attached hydrogens (primary N) is 1. The molecule has 0 bridgehead atoms. The molecule has 0 aromatic carbocycles. The van der Waals surface area contributed by atoms with Crippen LogP contribution in [-0.4, -0.2) is 210 Å². The van der Waals surface area contributed by atoms with Crippen molar-refractivity contribution in [2.45, 2.75) is 5.54 Å². The van der Waals surface area contributed by atoms with Crippen molar-refractivity contribution < 1.29 is 68.4 Å². The van der Waals surface area contributed by atoms with Crippen molar-refractivity contribution in [3.8, 4) is 0 Å². The van der Waals surface area contributed by atoms with Crippen LogP contribution in [0.2, 0.25) is 0 Å². The Labute approximate surface area is 260 Å². The fourth-order valence-electron chi connectivity index (χ4n) is 3.36. The third kappa shape index (κ3) is 26.5. The van der Waals surface area contributed by atoms with Gasteiger partial charge in [-0.2, -0.15) is 25.3 Å². The summed E-state index contributed by atoms with van der Waals surface area (Å²) in [5, 5.41) is 25.0. The number of hydrogen-bond donors (Lipinski definition) is 7. The van der Waals surface area contributed by atoms with Crippen LogP contribution in [-0.2, 0) is 44.6 Å². The lowest BCUT2D eigenvalue weighted by Crippen LogP contribution is -2.50. The maximum atomic E-state index is 10.4. The Morgan fingerprint density at radius 3 is 0.841 bits per heavy atom. The number of hydrogen-bond acceptors (Lipinski definition) is 16. The van der Waals surface area contributed by atoms with E-state index < -0.39 is 55.7 Å². The number of aliphatic hydroxyl groups excluding tert-OH is 3. The number of nitrogens with zero attached hydrogens (tertiary/aromatic N) is 3. The second-order valence-electron chi connectivity index (χ2n) is 10.1. The Hall–Kier alpha value is -0.670. The van der Waals surface area contributed by atoms with E-state index >= 15 is 0 Å². The number of ether oxygens (including phenoxy) is 3. The fraction of sp³-hybridized carbons (Fsp3) is 1.00. The van der Waals surface area contributed by atoms with Gasteiger partial charge in [-0.15, -0.1) is 0 Å². The molecule has 0 aliphatic carbocycles. The van der Waals surface area contributed by atoms with Gasteiger partial charge >= 0.3 is 0 Å². The summed E-state index contributed by atoms with van der Waals surface area (Å²) in [7, 11) is -11.4. The lowest BCUT2D eigenvalue weighted by molar-refractivity contribution is 0.0406. The molecular weight excluding hydrogens is 656 g/mol. The molecule has 266 valence electrons. The molecule has 22 heteroatoms. The van der Waals surface area contributed by atoms with E-state index in [0.717, 1.165) is 39.3 Å². The molecule has 0 atom stereocenters. The molecule has 0 aromatic heterocycles. The van der Waals surface area contributed by atoms with Crippen LogP contribution in [0.5, 0.6) is 0 Å². The van der Waals surface area contributed by atoms with E-state index in [0.29, 0.717) is 59.3 Å². The van der Waals surface area contributed by atoms with Gasteiger partial charge in [-0.25, -0.2) is 0 Å². The highest BCUT2D eigenvalue weighted by molar-refractivity contribution is 7.86. The highest BCUT2D eigenvalue weighted by Crippen LogP contribution is 1.99. The van der Waals surface area contributed by atoms with Crippen LogP contribution in [0.3, 0.4) is 0 Å². The molecule has 3 rings (SSSR count). The monoisotopic (exact) mass is 706 g/mol. The summed E-state index contributed by atoms with van der Waals surface area (Å²) in [6, 6.07) is 0. The molecule has 3 aliphatic heterocycles. The summed E-state index contributed by atoms with van der Waals surface area (Å²) in [5.74, 6) is -0.562. The molecule has 3 fully saturated rings. The number of morpholine rings is 3. The first kappa shape index (κ1) is 43.3. The largest absolute Gasteiger partial charge is 0.394 e. The van der Waals surface area contributed by atoms with Gasteiger partial charge < -0.3 is 35.3 Å². The SMILES string of the molecule is NC(CO)(CO)CO.O=S(=O)(O)CCN1CCOCC1.O=S(=O)(O)CCN1CCOCC1.O=S(=O)(O)CCN1CCOCC1.